The second kappa shape index (κ2) is 10.3. The van der Waals surface area contributed by atoms with Gasteiger partial charge >= 0.3 is 6.03 Å². The summed E-state index contributed by atoms with van der Waals surface area (Å²) in [6.07, 6.45) is 1.36. The Labute approximate surface area is 181 Å². The van der Waals surface area contributed by atoms with Gasteiger partial charge in [0.2, 0.25) is 0 Å². The maximum Gasteiger partial charge on any atom is 0.319 e. The molecule has 9 nitrogen and oxygen atoms in total. The molecule has 0 fully saturated rings. The van der Waals surface area contributed by atoms with Crippen LogP contribution in [0.5, 0.6) is 5.75 Å². The number of nitrogens with one attached hydrogen (secondary N) is 3. The molecule has 2 aromatic rings. The van der Waals surface area contributed by atoms with Crippen LogP contribution in [-0.4, -0.2) is 54.9 Å². The first-order chi connectivity index (χ1) is 14.9. The third kappa shape index (κ3) is 5.57. The number of amidine groups is 1. The standard InChI is InChI=1S/C19H20ClF2N5O4/c1-30-11-6-13(21)16(14(22)7-11)12-9-24-18(27-31-5-4-28)17(12)26-19(29)25-10-2-3-15(20)23-8-10/h2-3,6-8,12,17,28H,4-5,9H2,1H3,(H,24,27)(H2,25,26,29)/t12-,17?/m0/s1. The van der Waals surface area contributed by atoms with E-state index in [9.17, 15) is 13.6 Å². The van der Waals surface area contributed by atoms with E-state index in [0.717, 1.165) is 12.1 Å². The molecular weight excluding hydrogens is 436 g/mol. The first-order valence-corrected chi connectivity index (χ1v) is 9.55. The number of methoxy groups -OCH3 is 1. The van der Waals surface area contributed by atoms with Crippen molar-refractivity contribution >= 4 is 29.2 Å². The van der Waals surface area contributed by atoms with E-state index in [-0.39, 0.29) is 42.1 Å². The lowest BCUT2D eigenvalue weighted by Crippen LogP contribution is -2.49. The van der Waals surface area contributed by atoms with Crippen molar-refractivity contribution in [2.45, 2.75) is 12.0 Å². The van der Waals surface area contributed by atoms with E-state index in [1.165, 1.54) is 19.4 Å². The van der Waals surface area contributed by atoms with Crippen molar-refractivity contribution in [2.75, 3.05) is 32.2 Å². The van der Waals surface area contributed by atoms with Crippen LogP contribution in [0.4, 0.5) is 19.3 Å². The number of amides is 2. The molecule has 0 aliphatic carbocycles. The number of rotatable bonds is 7. The third-order valence-electron chi connectivity index (χ3n) is 4.46. The topological polar surface area (TPSA) is 117 Å². The molecule has 1 aliphatic rings. The minimum absolute atomic E-state index is 0.0154. The molecule has 31 heavy (non-hydrogen) atoms. The second-order valence-corrected chi connectivity index (χ2v) is 6.84. The summed E-state index contributed by atoms with van der Waals surface area (Å²) >= 11 is 5.73. The fourth-order valence-corrected chi connectivity index (χ4v) is 3.19. The predicted octanol–water partition coefficient (Wildman–Crippen LogP) is 2.22. The Balaban J connectivity index is 1.82. The molecule has 0 radical (unpaired) electrons. The van der Waals surface area contributed by atoms with Crippen LogP contribution in [0.2, 0.25) is 5.15 Å². The molecule has 2 heterocycles. The van der Waals surface area contributed by atoms with Crippen molar-refractivity contribution in [1.82, 2.24) is 15.8 Å². The molecule has 2 atom stereocenters. The van der Waals surface area contributed by atoms with Crippen LogP contribution in [0.3, 0.4) is 0 Å². The first kappa shape index (κ1) is 22.7. The lowest BCUT2D eigenvalue weighted by atomic mass is 9.92. The van der Waals surface area contributed by atoms with Crippen LogP contribution in [0.1, 0.15) is 11.5 Å². The lowest BCUT2D eigenvalue weighted by molar-refractivity contribution is 0.0517. The summed E-state index contributed by atoms with van der Waals surface area (Å²) in [5, 5.41) is 14.3. The highest BCUT2D eigenvalue weighted by Crippen LogP contribution is 2.32. The first-order valence-electron chi connectivity index (χ1n) is 9.18. The van der Waals surface area contributed by atoms with E-state index in [2.05, 4.69) is 26.1 Å². The van der Waals surface area contributed by atoms with Crippen LogP contribution in [0.15, 0.2) is 35.5 Å². The minimum atomic E-state index is -0.948. The van der Waals surface area contributed by atoms with Crippen LogP contribution < -0.4 is 20.9 Å². The van der Waals surface area contributed by atoms with Gasteiger partial charge in [0.05, 0.1) is 44.8 Å². The summed E-state index contributed by atoms with van der Waals surface area (Å²) in [5.41, 5.74) is 2.63. The summed E-state index contributed by atoms with van der Waals surface area (Å²) in [5.74, 6) is -2.34. The van der Waals surface area contributed by atoms with E-state index >= 15 is 0 Å². The van der Waals surface area contributed by atoms with Gasteiger partial charge in [0.1, 0.15) is 28.4 Å². The van der Waals surface area contributed by atoms with Crippen molar-refractivity contribution in [1.29, 1.82) is 0 Å². The van der Waals surface area contributed by atoms with Gasteiger partial charge in [0.25, 0.3) is 0 Å². The minimum Gasteiger partial charge on any atom is -0.497 e. The van der Waals surface area contributed by atoms with Gasteiger partial charge < -0.3 is 20.5 Å². The fraction of sp³-hybridized carbons (Fsp3) is 0.316. The van der Waals surface area contributed by atoms with E-state index < -0.39 is 29.6 Å². The molecule has 1 aromatic heterocycles. The summed E-state index contributed by atoms with van der Waals surface area (Å²) in [6.45, 7) is -0.323. The van der Waals surface area contributed by atoms with Crippen LogP contribution >= 0.6 is 11.6 Å². The molecule has 166 valence electrons. The number of ether oxygens (including phenoxy) is 1. The van der Waals surface area contributed by atoms with E-state index in [4.69, 9.17) is 26.3 Å². The van der Waals surface area contributed by atoms with Crippen molar-refractivity contribution in [2.24, 2.45) is 4.99 Å². The lowest BCUT2D eigenvalue weighted by Gasteiger charge is -2.24. The predicted molar refractivity (Wildman–Crippen MR) is 109 cm³/mol. The zero-order valence-corrected chi connectivity index (χ0v) is 17.1. The highest BCUT2D eigenvalue weighted by molar-refractivity contribution is 6.29. The number of aliphatic hydroxyl groups is 1. The maximum absolute atomic E-state index is 14.7. The number of benzene rings is 1. The Morgan fingerprint density at radius 1 is 1.32 bits per heavy atom. The monoisotopic (exact) mass is 455 g/mol. The Hall–Kier alpha value is -3.02. The number of anilines is 1. The van der Waals surface area contributed by atoms with E-state index in [1.54, 1.807) is 6.07 Å². The number of aromatic nitrogens is 1. The van der Waals surface area contributed by atoms with Crippen LogP contribution in [0, 0.1) is 11.6 Å². The van der Waals surface area contributed by atoms with Gasteiger partial charge in [-0.05, 0) is 12.1 Å². The number of hydroxylamine groups is 1. The Bertz CT molecular complexity index is 938. The maximum atomic E-state index is 14.7. The number of nitrogens with zero attached hydrogens (tertiary/aromatic N) is 2. The van der Waals surface area contributed by atoms with Gasteiger partial charge in [-0.25, -0.2) is 18.6 Å². The zero-order valence-electron chi connectivity index (χ0n) is 16.4. The van der Waals surface area contributed by atoms with Gasteiger partial charge in [0, 0.05) is 23.6 Å². The number of aliphatic hydroxyl groups excluding tert-OH is 1. The smallest absolute Gasteiger partial charge is 0.319 e. The molecule has 0 saturated heterocycles. The number of pyridine rings is 1. The second-order valence-electron chi connectivity index (χ2n) is 6.46. The average Bonchev–Trinajstić information content (AvgIpc) is 3.11. The normalized spacial score (nSPS) is 17.8. The number of hydrogen-bond acceptors (Lipinski definition) is 7. The zero-order chi connectivity index (χ0) is 22.4. The number of hydrogen-bond donors (Lipinski definition) is 4. The van der Waals surface area contributed by atoms with Crippen molar-refractivity contribution < 1.29 is 28.3 Å². The van der Waals surface area contributed by atoms with Gasteiger partial charge in [-0.15, -0.1) is 0 Å². The largest absolute Gasteiger partial charge is 0.497 e. The molecule has 4 N–H and O–H groups in total. The molecular formula is C19H20ClF2N5O4. The molecule has 3 rings (SSSR count). The van der Waals surface area contributed by atoms with E-state index in [0.29, 0.717) is 5.69 Å². The quantitative estimate of drug-likeness (QED) is 0.289. The SMILES string of the molecule is COc1cc(F)c([C@@H]2CN=C(NOCCO)C2NC(=O)Nc2ccc(Cl)nc2)c(F)c1. The number of carbonyl (C=O) groups excluding carboxylic acids is 1. The molecule has 1 unspecified atom stereocenters. The molecule has 0 saturated carbocycles. The number of carbonyl (C=O) groups is 1. The molecule has 12 heteroatoms. The van der Waals surface area contributed by atoms with Crippen LogP contribution in [0.25, 0.3) is 0 Å². The molecule has 0 spiro atoms. The number of urea groups is 1. The van der Waals surface area contributed by atoms with Crippen molar-refractivity contribution in [3.05, 3.63) is 52.8 Å². The summed E-state index contributed by atoms with van der Waals surface area (Å²) < 4.78 is 34.2. The van der Waals surface area contributed by atoms with Gasteiger partial charge in [-0.2, -0.15) is 0 Å². The van der Waals surface area contributed by atoms with Crippen LogP contribution in [-0.2, 0) is 4.84 Å². The number of aliphatic imine (C=N–C) groups is 1. The van der Waals surface area contributed by atoms with Gasteiger partial charge in [-0.1, -0.05) is 11.6 Å². The molecule has 2 amide bonds. The Morgan fingerprint density at radius 3 is 2.68 bits per heavy atom. The summed E-state index contributed by atoms with van der Waals surface area (Å²) in [7, 11) is 1.30. The third-order valence-corrected chi connectivity index (χ3v) is 4.68. The van der Waals surface area contributed by atoms with Crippen molar-refractivity contribution in [3.8, 4) is 5.75 Å². The number of halogens is 3. The average molecular weight is 456 g/mol. The Kier molecular flexibility index (Phi) is 7.55. The summed E-state index contributed by atoms with van der Waals surface area (Å²) in [6, 6.07) is 3.55. The molecule has 0 bridgehead atoms. The Morgan fingerprint density at radius 2 is 2.06 bits per heavy atom. The molecule has 1 aliphatic heterocycles. The van der Waals surface area contributed by atoms with E-state index in [1.807, 2.05) is 0 Å². The van der Waals surface area contributed by atoms with Gasteiger partial charge in [0.15, 0.2) is 0 Å². The summed E-state index contributed by atoms with van der Waals surface area (Å²) in [4.78, 5) is 25.6. The fourth-order valence-electron chi connectivity index (χ4n) is 3.08. The van der Waals surface area contributed by atoms with Gasteiger partial charge in [-0.3, -0.25) is 15.3 Å². The highest BCUT2D eigenvalue weighted by Gasteiger charge is 2.38. The molecule has 1 aromatic carbocycles. The van der Waals surface area contributed by atoms with Crippen molar-refractivity contribution in [3.63, 3.8) is 0 Å². The highest BCUT2D eigenvalue weighted by atomic mass is 35.5.